The summed E-state index contributed by atoms with van der Waals surface area (Å²) in [6, 6.07) is 13.2. The van der Waals surface area contributed by atoms with E-state index in [4.69, 9.17) is 12.2 Å². The number of hydrogen-bond acceptors (Lipinski definition) is 2. The van der Waals surface area contributed by atoms with Gasteiger partial charge in [-0.15, -0.1) is 0 Å². The summed E-state index contributed by atoms with van der Waals surface area (Å²) in [5, 5.41) is 6.21. The van der Waals surface area contributed by atoms with Gasteiger partial charge in [0.25, 0.3) is 5.56 Å². The Morgan fingerprint density at radius 2 is 1.79 bits per heavy atom. The lowest BCUT2D eigenvalue weighted by Crippen LogP contribution is -2.30. The minimum Gasteiger partial charge on any atom is -0.362 e. The smallest absolute Gasteiger partial charge is 0.362 e. The monoisotopic (exact) mass is 419 g/mol. The molecule has 0 radical (unpaired) electrons. The molecule has 0 bridgehead atoms. The first kappa shape index (κ1) is 20.9. The van der Waals surface area contributed by atoms with Crippen LogP contribution >= 0.6 is 12.2 Å². The SMILES string of the molecule is Cc1ccc(CCNC(=S)Nc2ccc3c(c2)c(C(F)(F)F)cc(=O)n3C)cc1. The number of nitrogens with one attached hydrogen (secondary N) is 2. The number of alkyl halides is 3. The van der Waals surface area contributed by atoms with Crippen molar-refractivity contribution < 1.29 is 13.2 Å². The third-order valence-corrected chi connectivity index (χ3v) is 4.88. The summed E-state index contributed by atoms with van der Waals surface area (Å²) < 4.78 is 41.3. The number of halogens is 3. The van der Waals surface area contributed by atoms with Crippen molar-refractivity contribution in [2.75, 3.05) is 11.9 Å². The zero-order valence-electron chi connectivity index (χ0n) is 15.9. The first-order valence-corrected chi connectivity index (χ1v) is 9.37. The van der Waals surface area contributed by atoms with Crippen molar-refractivity contribution in [2.45, 2.75) is 19.5 Å². The molecule has 0 unspecified atom stereocenters. The molecule has 152 valence electrons. The van der Waals surface area contributed by atoms with E-state index in [2.05, 4.69) is 10.6 Å². The lowest BCUT2D eigenvalue weighted by molar-refractivity contribution is -0.136. The number of thiocarbonyl (C=S) groups is 1. The van der Waals surface area contributed by atoms with Gasteiger partial charge >= 0.3 is 6.18 Å². The maximum absolute atomic E-state index is 13.4. The highest BCUT2D eigenvalue weighted by molar-refractivity contribution is 7.80. The average molecular weight is 419 g/mol. The van der Waals surface area contributed by atoms with Crippen LogP contribution in [0, 0.1) is 6.92 Å². The summed E-state index contributed by atoms with van der Waals surface area (Å²) in [6.45, 7) is 2.61. The number of benzene rings is 2. The Labute approximate surface area is 171 Å². The van der Waals surface area contributed by atoms with E-state index in [-0.39, 0.29) is 10.9 Å². The van der Waals surface area contributed by atoms with Crippen molar-refractivity contribution in [3.63, 3.8) is 0 Å². The molecule has 0 fully saturated rings. The van der Waals surface area contributed by atoms with Gasteiger partial charge < -0.3 is 15.2 Å². The molecule has 0 amide bonds. The van der Waals surface area contributed by atoms with E-state index in [0.717, 1.165) is 12.0 Å². The van der Waals surface area contributed by atoms with Crippen molar-refractivity contribution in [3.05, 3.63) is 75.6 Å². The number of anilines is 1. The quantitative estimate of drug-likeness (QED) is 0.616. The lowest BCUT2D eigenvalue weighted by atomic mass is 10.1. The molecule has 0 atom stereocenters. The van der Waals surface area contributed by atoms with Crippen molar-refractivity contribution in [1.82, 2.24) is 9.88 Å². The third kappa shape index (κ3) is 4.95. The van der Waals surface area contributed by atoms with Gasteiger partial charge in [0, 0.05) is 30.7 Å². The molecule has 0 aliphatic carbocycles. The zero-order chi connectivity index (χ0) is 21.2. The van der Waals surface area contributed by atoms with Gasteiger partial charge in [0.1, 0.15) is 0 Å². The van der Waals surface area contributed by atoms with E-state index < -0.39 is 17.3 Å². The molecular weight excluding hydrogens is 399 g/mol. The highest BCUT2D eigenvalue weighted by Gasteiger charge is 2.33. The first-order valence-electron chi connectivity index (χ1n) is 8.96. The molecule has 1 heterocycles. The Bertz CT molecular complexity index is 1110. The van der Waals surface area contributed by atoms with Gasteiger partial charge in [-0.2, -0.15) is 13.2 Å². The summed E-state index contributed by atoms with van der Waals surface area (Å²) in [5.74, 6) is 0. The Hall–Kier alpha value is -2.87. The summed E-state index contributed by atoms with van der Waals surface area (Å²) in [6.07, 6.45) is -3.86. The topological polar surface area (TPSA) is 46.1 Å². The highest BCUT2D eigenvalue weighted by atomic mass is 32.1. The molecule has 2 N–H and O–H groups in total. The van der Waals surface area contributed by atoms with Crippen LogP contribution in [0.15, 0.2) is 53.3 Å². The summed E-state index contributed by atoms with van der Waals surface area (Å²) >= 11 is 5.25. The normalized spacial score (nSPS) is 11.5. The fourth-order valence-electron chi connectivity index (χ4n) is 3.02. The molecule has 0 saturated heterocycles. The molecule has 4 nitrogen and oxygen atoms in total. The molecule has 3 aromatic rings. The van der Waals surface area contributed by atoms with Crippen molar-refractivity contribution in [2.24, 2.45) is 7.05 Å². The van der Waals surface area contributed by atoms with Crippen LogP contribution in [0.2, 0.25) is 0 Å². The summed E-state index contributed by atoms with van der Waals surface area (Å²) in [5.41, 5.74) is 1.29. The minimum absolute atomic E-state index is 0.0629. The minimum atomic E-state index is -4.63. The van der Waals surface area contributed by atoms with Crippen molar-refractivity contribution >= 4 is 33.9 Å². The van der Waals surface area contributed by atoms with Gasteiger partial charge in [-0.05, 0) is 49.3 Å². The number of aryl methyl sites for hydroxylation is 2. The first-order chi connectivity index (χ1) is 13.6. The number of fused-ring (bicyclic) bond motifs is 1. The number of nitrogens with zero attached hydrogens (tertiary/aromatic N) is 1. The molecule has 2 aromatic carbocycles. The van der Waals surface area contributed by atoms with Crippen LogP contribution in [0.4, 0.5) is 18.9 Å². The maximum Gasteiger partial charge on any atom is 0.417 e. The Morgan fingerprint density at radius 1 is 1.10 bits per heavy atom. The molecule has 0 aliphatic rings. The van der Waals surface area contributed by atoms with Crippen LogP contribution in [0.25, 0.3) is 10.9 Å². The van der Waals surface area contributed by atoms with E-state index in [9.17, 15) is 18.0 Å². The lowest BCUT2D eigenvalue weighted by Gasteiger charge is -2.15. The third-order valence-electron chi connectivity index (χ3n) is 4.63. The standard InChI is InChI=1S/C21H20F3N3OS/c1-13-3-5-14(6-4-13)9-10-25-20(29)26-15-7-8-18-16(11-15)17(21(22,23)24)12-19(28)27(18)2/h3-8,11-12H,9-10H2,1-2H3,(H2,25,26,29). The van der Waals surface area contributed by atoms with E-state index in [1.807, 2.05) is 31.2 Å². The van der Waals surface area contributed by atoms with Gasteiger partial charge in [0.2, 0.25) is 0 Å². The Balaban J connectivity index is 1.74. The maximum atomic E-state index is 13.4. The number of hydrogen-bond donors (Lipinski definition) is 2. The highest BCUT2D eigenvalue weighted by Crippen LogP contribution is 2.34. The van der Waals surface area contributed by atoms with Crippen LogP contribution in [0.1, 0.15) is 16.7 Å². The molecule has 0 aliphatic heterocycles. The fourth-order valence-corrected chi connectivity index (χ4v) is 3.24. The van der Waals surface area contributed by atoms with Crippen LogP contribution in [0.3, 0.4) is 0 Å². The van der Waals surface area contributed by atoms with Crippen LogP contribution in [-0.2, 0) is 19.6 Å². The molecule has 1 aromatic heterocycles. The van der Waals surface area contributed by atoms with Crippen molar-refractivity contribution in [1.29, 1.82) is 0 Å². The van der Waals surface area contributed by atoms with E-state index >= 15 is 0 Å². The van der Waals surface area contributed by atoms with Crippen molar-refractivity contribution in [3.8, 4) is 0 Å². The second-order valence-corrected chi connectivity index (χ2v) is 7.21. The van der Waals surface area contributed by atoms with E-state index in [1.165, 1.54) is 29.3 Å². The van der Waals surface area contributed by atoms with Crippen LogP contribution < -0.4 is 16.2 Å². The molecule has 0 saturated carbocycles. The molecule has 29 heavy (non-hydrogen) atoms. The number of rotatable bonds is 4. The molecule has 8 heteroatoms. The van der Waals surface area contributed by atoms with E-state index in [1.54, 1.807) is 6.07 Å². The average Bonchev–Trinajstić information content (AvgIpc) is 2.65. The molecule has 0 spiro atoms. The number of aromatic nitrogens is 1. The van der Waals surface area contributed by atoms with Gasteiger partial charge in [0.15, 0.2) is 5.11 Å². The second-order valence-electron chi connectivity index (χ2n) is 6.80. The predicted octanol–water partition coefficient (Wildman–Crippen LogP) is 4.39. The molecular formula is C21H20F3N3OS. The second kappa shape index (κ2) is 8.24. The van der Waals surface area contributed by atoms with Crippen LogP contribution in [0.5, 0.6) is 0 Å². The number of pyridine rings is 1. The Morgan fingerprint density at radius 3 is 2.45 bits per heavy atom. The fraction of sp³-hybridized carbons (Fsp3) is 0.238. The summed E-state index contributed by atoms with van der Waals surface area (Å²) in [7, 11) is 1.44. The van der Waals surface area contributed by atoms with Gasteiger partial charge in [-0.25, -0.2) is 0 Å². The van der Waals surface area contributed by atoms with Gasteiger partial charge in [-0.3, -0.25) is 4.79 Å². The van der Waals surface area contributed by atoms with Crippen LogP contribution in [-0.4, -0.2) is 16.2 Å². The predicted molar refractivity (Wildman–Crippen MR) is 113 cm³/mol. The largest absolute Gasteiger partial charge is 0.417 e. The zero-order valence-corrected chi connectivity index (χ0v) is 16.7. The molecule has 3 rings (SSSR count). The van der Waals surface area contributed by atoms with Gasteiger partial charge in [0.05, 0.1) is 11.1 Å². The summed E-state index contributed by atoms with van der Waals surface area (Å²) in [4.78, 5) is 11.8. The van der Waals surface area contributed by atoms with Gasteiger partial charge in [-0.1, -0.05) is 29.8 Å². The Kier molecular flexibility index (Phi) is 5.93. The van der Waals surface area contributed by atoms with E-state index in [0.29, 0.717) is 23.4 Å².